The van der Waals surface area contributed by atoms with Gasteiger partial charge in [0.2, 0.25) is 0 Å². The molecule has 188 valence electrons. The van der Waals surface area contributed by atoms with E-state index < -0.39 is 0 Å². The van der Waals surface area contributed by atoms with Crippen molar-refractivity contribution in [2.24, 2.45) is 0 Å². The maximum atomic E-state index is 5.95. The van der Waals surface area contributed by atoms with E-state index in [0.29, 0.717) is 0 Å². The summed E-state index contributed by atoms with van der Waals surface area (Å²) in [5.74, 6) is 1.50. The van der Waals surface area contributed by atoms with Gasteiger partial charge in [0.15, 0.2) is 13.6 Å². The molecule has 0 fully saturated rings. The van der Waals surface area contributed by atoms with Gasteiger partial charge in [0.05, 0.1) is 0 Å². The molecule has 0 aromatic heterocycles. The van der Waals surface area contributed by atoms with Gasteiger partial charge in [-0.3, -0.25) is 0 Å². The summed E-state index contributed by atoms with van der Waals surface area (Å²) in [5.41, 5.74) is 1.97. The van der Waals surface area contributed by atoms with Gasteiger partial charge in [0, 0.05) is 25.3 Å². The molecule has 0 saturated carbocycles. The summed E-state index contributed by atoms with van der Waals surface area (Å²) in [6.07, 6.45) is 4.20. The van der Waals surface area contributed by atoms with E-state index in [0.717, 1.165) is 43.8 Å². The molecule has 0 unspecified atom stereocenters. The maximum Gasteiger partial charge on any atom is 0.188 e. The van der Waals surface area contributed by atoms with E-state index in [1.807, 2.05) is 79.7 Å². The highest BCUT2D eigenvalue weighted by Gasteiger charge is 2.17. The largest absolute Gasteiger partial charge is 0.467 e. The van der Waals surface area contributed by atoms with Crippen molar-refractivity contribution in [1.82, 2.24) is 0 Å². The fourth-order valence-electron chi connectivity index (χ4n) is 3.43. The predicted octanol–water partition coefficient (Wildman–Crippen LogP) is 7.15. The average molecular weight is 469 g/mol. The van der Waals surface area contributed by atoms with Gasteiger partial charge in [-0.25, -0.2) is 0 Å². The van der Waals surface area contributed by atoms with E-state index in [4.69, 9.17) is 18.9 Å². The third-order valence-electron chi connectivity index (χ3n) is 4.65. The lowest BCUT2D eigenvalue weighted by atomic mass is 9.94. The van der Waals surface area contributed by atoms with Gasteiger partial charge in [0.1, 0.15) is 11.5 Å². The highest BCUT2D eigenvalue weighted by Crippen LogP contribution is 2.39. The minimum Gasteiger partial charge on any atom is -0.467 e. The molecule has 0 radical (unpaired) electrons. The summed E-state index contributed by atoms with van der Waals surface area (Å²) in [5, 5.41) is 4.45. The lowest BCUT2D eigenvalue weighted by Crippen LogP contribution is -2.27. The Bertz CT molecular complexity index is 1070. The zero-order valence-corrected chi connectivity index (χ0v) is 22.8. The Hall–Kier alpha value is -2.82. The van der Waals surface area contributed by atoms with Crippen LogP contribution in [0.15, 0.2) is 48.5 Å². The Morgan fingerprint density at radius 1 is 0.618 bits per heavy atom. The number of rotatable bonds is 7. The molecule has 0 saturated heterocycles. The number of ether oxygens (including phenoxy) is 4. The van der Waals surface area contributed by atoms with Crippen molar-refractivity contribution < 1.29 is 18.9 Å². The molecule has 4 nitrogen and oxygen atoms in total. The molecule has 3 rings (SSSR count). The van der Waals surface area contributed by atoms with Gasteiger partial charge in [-0.2, -0.15) is 0 Å². The third kappa shape index (κ3) is 7.89. The summed E-state index contributed by atoms with van der Waals surface area (Å²) in [7, 11) is 3.23. The standard InChI is InChI=1S/C24H26O4.3C2H6/c1-5-17-11-13-21(27-15-25-3)23(19(17)6-2)24-20-10-8-7-9-18(20)12-14-22(24)28-16-26-4;3*1-2/h5-14H,15-16H2,1-4H3;3*1-2H3/b17-5-,19-6+;;;. The molecule has 0 aliphatic carbocycles. The van der Waals surface area contributed by atoms with Crippen LogP contribution in [0.1, 0.15) is 55.4 Å². The van der Waals surface area contributed by atoms with Crippen molar-refractivity contribution >= 4 is 22.9 Å². The fraction of sp³-hybridized carbons (Fsp3) is 0.400. The van der Waals surface area contributed by atoms with E-state index in [9.17, 15) is 0 Å². The Labute approximate surface area is 206 Å². The van der Waals surface area contributed by atoms with Crippen LogP contribution in [0.3, 0.4) is 0 Å². The predicted molar refractivity (Wildman–Crippen MR) is 148 cm³/mol. The van der Waals surface area contributed by atoms with Crippen LogP contribution < -0.4 is 19.9 Å². The van der Waals surface area contributed by atoms with Gasteiger partial charge in [0.25, 0.3) is 0 Å². The molecular weight excluding hydrogens is 424 g/mol. The first kappa shape index (κ1) is 31.2. The van der Waals surface area contributed by atoms with Crippen LogP contribution in [0, 0.1) is 0 Å². The van der Waals surface area contributed by atoms with Crippen LogP contribution in [0.2, 0.25) is 0 Å². The second kappa shape index (κ2) is 18.6. The van der Waals surface area contributed by atoms with E-state index in [2.05, 4.69) is 36.4 Å². The maximum absolute atomic E-state index is 5.95. The molecular formula is C30H44O4. The second-order valence-corrected chi connectivity index (χ2v) is 6.28. The number of hydrogen-bond donors (Lipinski definition) is 0. The van der Waals surface area contributed by atoms with E-state index in [1.165, 1.54) is 0 Å². The number of fused-ring (bicyclic) bond motifs is 1. The Kier molecular flexibility index (Phi) is 17.0. The fourth-order valence-corrected chi connectivity index (χ4v) is 3.43. The number of methoxy groups -OCH3 is 2. The molecule has 34 heavy (non-hydrogen) atoms. The van der Waals surface area contributed by atoms with Crippen molar-refractivity contribution in [3.63, 3.8) is 0 Å². The molecule has 0 spiro atoms. The quantitative estimate of drug-likeness (QED) is 0.345. The zero-order chi connectivity index (χ0) is 25.9. The smallest absolute Gasteiger partial charge is 0.188 e. The van der Waals surface area contributed by atoms with Gasteiger partial charge in [-0.05, 0) is 47.2 Å². The van der Waals surface area contributed by atoms with E-state index in [1.54, 1.807) is 14.2 Å². The zero-order valence-electron chi connectivity index (χ0n) is 22.8. The first-order valence-corrected chi connectivity index (χ1v) is 12.3. The first-order chi connectivity index (χ1) is 16.7. The van der Waals surface area contributed by atoms with Crippen molar-refractivity contribution in [2.45, 2.75) is 55.4 Å². The van der Waals surface area contributed by atoms with Gasteiger partial charge < -0.3 is 18.9 Å². The topological polar surface area (TPSA) is 36.9 Å². The summed E-state index contributed by atoms with van der Waals surface area (Å²) in [6, 6.07) is 16.4. The molecule has 0 heterocycles. The average Bonchev–Trinajstić information content (AvgIpc) is 2.93. The van der Waals surface area contributed by atoms with Crippen LogP contribution in [0.5, 0.6) is 11.5 Å². The van der Waals surface area contributed by atoms with E-state index >= 15 is 0 Å². The highest BCUT2D eigenvalue weighted by molar-refractivity contribution is 6.01. The minimum absolute atomic E-state index is 0.171. The Morgan fingerprint density at radius 2 is 1.15 bits per heavy atom. The molecule has 0 bridgehead atoms. The van der Waals surface area contributed by atoms with Crippen molar-refractivity contribution in [2.75, 3.05) is 27.8 Å². The summed E-state index contributed by atoms with van der Waals surface area (Å²) in [4.78, 5) is 0. The van der Waals surface area contributed by atoms with Gasteiger partial charge in [-0.15, -0.1) is 0 Å². The van der Waals surface area contributed by atoms with Crippen LogP contribution in [-0.2, 0) is 9.47 Å². The Morgan fingerprint density at radius 3 is 1.68 bits per heavy atom. The SMILES string of the molecule is C/C=c1/ccc(OCOC)c(-c2c(OCOC)ccc3ccccc23)/c1=C/C.CC.CC.CC. The molecule has 4 heteroatoms. The number of benzene rings is 3. The summed E-state index contributed by atoms with van der Waals surface area (Å²) in [6.45, 7) is 16.4. The van der Waals surface area contributed by atoms with Gasteiger partial charge >= 0.3 is 0 Å². The van der Waals surface area contributed by atoms with Gasteiger partial charge in [-0.1, -0.05) is 90.1 Å². The van der Waals surface area contributed by atoms with Crippen molar-refractivity contribution in [1.29, 1.82) is 0 Å². The van der Waals surface area contributed by atoms with Crippen molar-refractivity contribution in [3.05, 3.63) is 59.0 Å². The molecule has 0 N–H and O–H groups in total. The minimum atomic E-state index is 0.171. The lowest BCUT2D eigenvalue weighted by molar-refractivity contribution is 0.0501. The second-order valence-electron chi connectivity index (χ2n) is 6.28. The third-order valence-corrected chi connectivity index (χ3v) is 4.65. The highest BCUT2D eigenvalue weighted by atomic mass is 16.7. The van der Waals surface area contributed by atoms with Crippen LogP contribution in [0.4, 0.5) is 0 Å². The van der Waals surface area contributed by atoms with Crippen molar-refractivity contribution in [3.8, 4) is 22.6 Å². The van der Waals surface area contributed by atoms with Crippen LogP contribution in [-0.4, -0.2) is 27.8 Å². The normalized spacial score (nSPS) is 10.9. The monoisotopic (exact) mass is 468 g/mol. The molecule has 3 aromatic carbocycles. The number of hydrogen-bond acceptors (Lipinski definition) is 4. The molecule has 0 aliphatic heterocycles. The lowest BCUT2D eigenvalue weighted by Gasteiger charge is -2.18. The van der Waals surface area contributed by atoms with E-state index in [-0.39, 0.29) is 13.6 Å². The molecule has 0 atom stereocenters. The summed E-state index contributed by atoms with van der Waals surface area (Å²) >= 11 is 0. The Balaban J connectivity index is 0.00000168. The van der Waals surface area contributed by atoms with Crippen LogP contribution >= 0.6 is 0 Å². The summed E-state index contributed by atoms with van der Waals surface area (Å²) < 4.78 is 22.2. The molecule has 0 aliphatic rings. The first-order valence-electron chi connectivity index (χ1n) is 12.3. The van der Waals surface area contributed by atoms with Crippen LogP contribution in [0.25, 0.3) is 34.1 Å². The molecule has 0 amide bonds. The molecule has 3 aromatic rings.